The summed E-state index contributed by atoms with van der Waals surface area (Å²) in [6.07, 6.45) is 2.07. The monoisotopic (exact) mass is 405 g/mol. The number of nitrogen functional groups attached to an aromatic ring is 1. The van der Waals surface area contributed by atoms with Crippen molar-refractivity contribution in [1.82, 2.24) is 19.5 Å². The molecule has 2 fully saturated rings. The SMILES string of the molecule is Nc1ncnc2c1ncn2[C@@]12C[C@H](OP(=O)(O)O)[C@H](CP(=O)(O)O)[C@@H]1C2. The summed E-state index contributed by atoms with van der Waals surface area (Å²) in [5, 5.41) is 0. The zero-order valence-electron chi connectivity index (χ0n) is 13.3. The second kappa shape index (κ2) is 5.56. The molecule has 2 heterocycles. The molecule has 2 aromatic rings. The van der Waals surface area contributed by atoms with E-state index in [1.807, 2.05) is 0 Å². The summed E-state index contributed by atoms with van der Waals surface area (Å²) in [4.78, 5) is 49.3. The van der Waals surface area contributed by atoms with E-state index < -0.39 is 39.1 Å². The minimum absolute atomic E-state index is 0.183. The lowest BCUT2D eigenvalue weighted by Gasteiger charge is -2.23. The van der Waals surface area contributed by atoms with Gasteiger partial charge in [0.25, 0.3) is 0 Å². The minimum Gasteiger partial charge on any atom is -0.382 e. The predicted molar refractivity (Wildman–Crippen MR) is 87.8 cm³/mol. The number of hydrogen-bond donors (Lipinski definition) is 5. The standard InChI is InChI=1S/C12H17N5O7P2/c13-10-9-11(15-4-14-10)17(5-16-9)12-1-7(12)6(3-25(18,19)20)8(2-12)24-26(21,22)23/h4-8H,1-3H2,(H2,13,14,15)(H2,18,19,20)(H2,21,22,23)/t6-,7+,8+,12+/m1/s1. The van der Waals surface area contributed by atoms with E-state index in [1.165, 1.54) is 12.7 Å². The molecule has 6 N–H and O–H groups in total. The first-order chi connectivity index (χ1) is 12.0. The highest BCUT2D eigenvalue weighted by Gasteiger charge is 2.68. The van der Waals surface area contributed by atoms with E-state index in [0.717, 1.165) is 0 Å². The van der Waals surface area contributed by atoms with Crippen LogP contribution in [0.3, 0.4) is 0 Å². The van der Waals surface area contributed by atoms with Crippen LogP contribution in [0.25, 0.3) is 11.2 Å². The highest BCUT2D eigenvalue weighted by molar-refractivity contribution is 7.51. The average Bonchev–Trinajstić information content (AvgIpc) is 2.89. The lowest BCUT2D eigenvalue weighted by atomic mass is 10.0. The van der Waals surface area contributed by atoms with Crippen molar-refractivity contribution >= 4 is 32.4 Å². The Balaban J connectivity index is 1.73. The van der Waals surface area contributed by atoms with Crippen LogP contribution in [-0.2, 0) is 19.2 Å². The van der Waals surface area contributed by atoms with E-state index in [-0.39, 0.29) is 18.2 Å². The summed E-state index contributed by atoms with van der Waals surface area (Å²) in [7, 11) is -9.20. The number of nitrogens with two attached hydrogens (primary N) is 1. The number of anilines is 1. The molecule has 2 aliphatic rings. The van der Waals surface area contributed by atoms with Crippen LogP contribution >= 0.6 is 15.4 Å². The van der Waals surface area contributed by atoms with Crippen LogP contribution in [0.1, 0.15) is 12.8 Å². The van der Waals surface area contributed by atoms with Crippen molar-refractivity contribution in [2.24, 2.45) is 11.8 Å². The van der Waals surface area contributed by atoms with E-state index in [0.29, 0.717) is 17.6 Å². The maximum absolute atomic E-state index is 11.5. The van der Waals surface area contributed by atoms with Gasteiger partial charge in [-0.3, -0.25) is 9.09 Å². The number of fused-ring (bicyclic) bond motifs is 2. The summed E-state index contributed by atoms with van der Waals surface area (Å²) >= 11 is 0. The molecular formula is C12H17N5O7P2. The Morgan fingerprint density at radius 3 is 2.62 bits per heavy atom. The third-order valence-electron chi connectivity index (χ3n) is 5.22. The molecule has 12 nitrogen and oxygen atoms in total. The molecule has 0 spiro atoms. The minimum atomic E-state index is -4.81. The van der Waals surface area contributed by atoms with Crippen LogP contribution in [0.5, 0.6) is 0 Å². The van der Waals surface area contributed by atoms with Crippen LogP contribution < -0.4 is 5.73 Å². The summed E-state index contributed by atoms with van der Waals surface area (Å²) in [5.41, 5.74) is 6.04. The van der Waals surface area contributed by atoms with Crippen LogP contribution in [0.15, 0.2) is 12.7 Å². The zero-order chi connectivity index (χ0) is 18.9. The zero-order valence-corrected chi connectivity index (χ0v) is 15.1. The van der Waals surface area contributed by atoms with Crippen LogP contribution in [0.2, 0.25) is 0 Å². The normalized spacial score (nSPS) is 31.3. The fraction of sp³-hybridized carbons (Fsp3) is 0.583. The van der Waals surface area contributed by atoms with Crippen molar-refractivity contribution in [2.75, 3.05) is 11.9 Å². The second-order valence-electron chi connectivity index (χ2n) is 6.81. The Bertz CT molecular complexity index is 970. The molecule has 2 aliphatic carbocycles. The summed E-state index contributed by atoms with van der Waals surface area (Å²) < 4.78 is 29.4. The van der Waals surface area contributed by atoms with E-state index >= 15 is 0 Å². The highest BCUT2D eigenvalue weighted by Crippen LogP contribution is 2.68. The van der Waals surface area contributed by atoms with Gasteiger partial charge in [0, 0.05) is 5.92 Å². The molecule has 0 amide bonds. The molecule has 2 saturated carbocycles. The van der Waals surface area contributed by atoms with Crippen molar-refractivity contribution in [3.05, 3.63) is 12.7 Å². The Kier molecular flexibility index (Phi) is 3.85. The lowest BCUT2D eigenvalue weighted by molar-refractivity contribution is 0.0942. The van der Waals surface area contributed by atoms with E-state index in [2.05, 4.69) is 15.0 Å². The van der Waals surface area contributed by atoms with Gasteiger partial charge in [-0.05, 0) is 18.8 Å². The first kappa shape index (κ1) is 18.0. The maximum atomic E-state index is 11.5. The molecule has 4 atom stereocenters. The number of phosphoric acid groups is 1. The molecule has 0 saturated heterocycles. The van der Waals surface area contributed by atoms with E-state index in [9.17, 15) is 18.9 Å². The molecule has 0 unspecified atom stereocenters. The van der Waals surface area contributed by atoms with Crippen molar-refractivity contribution in [2.45, 2.75) is 24.5 Å². The fourth-order valence-electron chi connectivity index (χ4n) is 4.23. The van der Waals surface area contributed by atoms with Crippen molar-refractivity contribution < 1.29 is 33.2 Å². The van der Waals surface area contributed by atoms with Gasteiger partial charge in [-0.25, -0.2) is 19.5 Å². The second-order valence-corrected chi connectivity index (χ2v) is 9.70. The first-order valence-corrected chi connectivity index (χ1v) is 11.1. The molecule has 0 radical (unpaired) electrons. The van der Waals surface area contributed by atoms with E-state index in [4.69, 9.17) is 20.0 Å². The molecule has 2 aromatic heterocycles. The summed E-state index contributed by atoms with van der Waals surface area (Å²) in [6, 6.07) is 0. The Morgan fingerprint density at radius 1 is 1.23 bits per heavy atom. The molecule has 26 heavy (non-hydrogen) atoms. The molecule has 0 bridgehead atoms. The first-order valence-electron chi connectivity index (χ1n) is 7.73. The Morgan fingerprint density at radius 2 is 1.96 bits per heavy atom. The van der Waals surface area contributed by atoms with Gasteiger partial charge in [0.05, 0.1) is 24.1 Å². The van der Waals surface area contributed by atoms with Gasteiger partial charge < -0.3 is 29.9 Å². The Labute approximate surface area is 146 Å². The third-order valence-corrected chi connectivity index (χ3v) is 6.66. The van der Waals surface area contributed by atoms with Gasteiger partial charge in [-0.1, -0.05) is 0 Å². The van der Waals surface area contributed by atoms with Gasteiger partial charge >= 0.3 is 15.4 Å². The van der Waals surface area contributed by atoms with Crippen molar-refractivity contribution in [3.63, 3.8) is 0 Å². The van der Waals surface area contributed by atoms with Crippen LogP contribution in [0.4, 0.5) is 5.82 Å². The number of hydrogen-bond acceptors (Lipinski definition) is 7. The maximum Gasteiger partial charge on any atom is 0.469 e. The number of phosphoric ester groups is 1. The highest BCUT2D eigenvalue weighted by atomic mass is 31.2. The summed E-state index contributed by atoms with van der Waals surface area (Å²) in [5.74, 6) is -0.713. The molecule has 0 aromatic carbocycles. The van der Waals surface area contributed by atoms with Crippen LogP contribution in [0, 0.1) is 11.8 Å². The number of imidazole rings is 1. The number of rotatable bonds is 5. The predicted octanol–water partition coefficient (Wildman–Crippen LogP) is -0.201. The molecule has 4 rings (SSSR count). The number of aromatic nitrogens is 4. The third kappa shape index (κ3) is 2.97. The van der Waals surface area contributed by atoms with Crippen LogP contribution in [-0.4, -0.2) is 51.4 Å². The molecule has 142 valence electrons. The van der Waals surface area contributed by atoms with Gasteiger partial charge in [0.1, 0.15) is 11.8 Å². The largest absolute Gasteiger partial charge is 0.469 e. The lowest BCUT2D eigenvalue weighted by Crippen LogP contribution is -2.25. The summed E-state index contributed by atoms with van der Waals surface area (Å²) in [6.45, 7) is 0. The van der Waals surface area contributed by atoms with Gasteiger partial charge in [0.15, 0.2) is 11.5 Å². The molecule has 0 aliphatic heterocycles. The van der Waals surface area contributed by atoms with Crippen molar-refractivity contribution in [3.8, 4) is 0 Å². The quantitative estimate of drug-likeness (QED) is 0.413. The smallest absolute Gasteiger partial charge is 0.382 e. The Hall–Kier alpha value is -1.39. The fourth-order valence-corrected chi connectivity index (χ4v) is 5.85. The van der Waals surface area contributed by atoms with Gasteiger partial charge in [-0.2, -0.15) is 0 Å². The molecular weight excluding hydrogens is 388 g/mol. The van der Waals surface area contributed by atoms with E-state index in [1.54, 1.807) is 4.57 Å². The number of nitrogens with zero attached hydrogens (tertiary/aromatic N) is 4. The topological polar surface area (TPSA) is 194 Å². The van der Waals surface area contributed by atoms with Gasteiger partial charge in [-0.15, -0.1) is 0 Å². The van der Waals surface area contributed by atoms with Gasteiger partial charge in [0.2, 0.25) is 0 Å². The average molecular weight is 405 g/mol. The molecule has 14 heteroatoms. The van der Waals surface area contributed by atoms with Crippen molar-refractivity contribution in [1.29, 1.82) is 0 Å².